The Labute approximate surface area is 242 Å². The summed E-state index contributed by atoms with van der Waals surface area (Å²) in [6.07, 6.45) is 22.2. The molecule has 1 rings (SSSR count). The molecule has 2 amide bonds. The highest BCUT2D eigenvalue weighted by atomic mass is 16.6. The van der Waals surface area contributed by atoms with Crippen LogP contribution < -0.4 is 0 Å². The molecule has 0 aromatic carbocycles. The van der Waals surface area contributed by atoms with Crippen LogP contribution in [-0.2, 0) is 9.53 Å². The van der Waals surface area contributed by atoms with Gasteiger partial charge in [-0.3, -0.25) is 9.69 Å². The second-order valence-corrected chi connectivity index (χ2v) is 12.7. The van der Waals surface area contributed by atoms with Crippen LogP contribution in [0, 0.1) is 0 Å². The first-order valence-electron chi connectivity index (χ1n) is 16.7. The van der Waals surface area contributed by atoms with Crippen LogP contribution in [0.4, 0.5) is 4.79 Å². The molecule has 0 spiro atoms. The third-order valence-electron chi connectivity index (χ3n) is 7.80. The summed E-state index contributed by atoms with van der Waals surface area (Å²) in [6, 6.07) is 0. The van der Waals surface area contributed by atoms with Gasteiger partial charge in [0.25, 0.3) is 0 Å². The number of hydrogen-bond acceptors (Lipinski definition) is 4. The topological polar surface area (TPSA) is 53.1 Å². The number of rotatable bonds is 22. The van der Waals surface area contributed by atoms with Crippen LogP contribution in [0.1, 0.15) is 150 Å². The van der Waals surface area contributed by atoms with E-state index in [1.54, 1.807) is 0 Å². The first kappa shape index (κ1) is 35.7. The van der Waals surface area contributed by atoms with E-state index in [0.717, 1.165) is 52.0 Å². The van der Waals surface area contributed by atoms with Crippen molar-refractivity contribution in [2.75, 3.05) is 45.8 Å². The molecule has 0 N–H and O–H groups in total. The summed E-state index contributed by atoms with van der Waals surface area (Å²) in [4.78, 5) is 31.8. The molecular weight excluding hydrogens is 486 g/mol. The second kappa shape index (κ2) is 22.4. The maximum atomic E-state index is 13.2. The van der Waals surface area contributed by atoms with Crippen LogP contribution in [0.5, 0.6) is 0 Å². The molecule has 230 valence electrons. The van der Waals surface area contributed by atoms with Crippen molar-refractivity contribution in [3.8, 4) is 0 Å². The summed E-state index contributed by atoms with van der Waals surface area (Å²) in [6.45, 7) is 16.2. The van der Waals surface area contributed by atoms with Crippen LogP contribution in [0.15, 0.2) is 0 Å². The minimum absolute atomic E-state index is 0.213. The third-order valence-corrected chi connectivity index (χ3v) is 7.80. The van der Waals surface area contributed by atoms with Crippen molar-refractivity contribution in [3.05, 3.63) is 0 Å². The fourth-order valence-corrected chi connectivity index (χ4v) is 5.33. The van der Waals surface area contributed by atoms with E-state index in [-0.39, 0.29) is 6.09 Å². The molecule has 0 radical (unpaired) electrons. The average Bonchev–Trinajstić information content (AvgIpc) is 2.89. The van der Waals surface area contributed by atoms with Gasteiger partial charge in [-0.15, -0.1) is 0 Å². The summed E-state index contributed by atoms with van der Waals surface area (Å²) < 4.78 is 5.51. The van der Waals surface area contributed by atoms with Crippen molar-refractivity contribution in [2.45, 2.75) is 156 Å². The van der Waals surface area contributed by atoms with Crippen molar-refractivity contribution >= 4 is 12.0 Å². The normalized spacial score (nSPS) is 14.5. The summed E-state index contributed by atoms with van der Waals surface area (Å²) in [5.74, 6) is 0.341. The molecule has 39 heavy (non-hydrogen) atoms. The number of ether oxygens (including phenoxy) is 1. The van der Waals surface area contributed by atoms with Gasteiger partial charge >= 0.3 is 6.09 Å². The maximum Gasteiger partial charge on any atom is 0.410 e. The molecule has 1 heterocycles. The molecule has 0 saturated carbocycles. The number of amides is 2. The lowest BCUT2D eigenvalue weighted by molar-refractivity contribution is -0.131. The lowest BCUT2D eigenvalue weighted by Gasteiger charge is -2.35. The fourth-order valence-electron chi connectivity index (χ4n) is 5.33. The van der Waals surface area contributed by atoms with E-state index in [1.807, 2.05) is 25.7 Å². The molecular formula is C33H65N3O3. The Morgan fingerprint density at radius 3 is 1.51 bits per heavy atom. The van der Waals surface area contributed by atoms with Gasteiger partial charge in [-0.1, -0.05) is 104 Å². The summed E-state index contributed by atoms with van der Waals surface area (Å²) in [5, 5.41) is 0. The standard InChI is InChI=1S/C33H65N3O3/c1-6-8-10-12-14-16-18-20-25-35(26-21-19-17-15-13-11-9-7-2)31(37)23-22-24-34-27-29-36(30-28-34)32(38)39-33(3,4)5/h6-30H2,1-5H3. The average molecular weight is 552 g/mol. The van der Waals surface area contributed by atoms with Crippen molar-refractivity contribution < 1.29 is 14.3 Å². The zero-order chi connectivity index (χ0) is 28.8. The van der Waals surface area contributed by atoms with E-state index in [1.165, 1.54) is 89.9 Å². The summed E-state index contributed by atoms with van der Waals surface area (Å²) in [7, 11) is 0. The molecule has 0 atom stereocenters. The third kappa shape index (κ3) is 19.4. The molecule has 1 fully saturated rings. The van der Waals surface area contributed by atoms with Gasteiger partial charge in [-0.2, -0.15) is 0 Å². The summed E-state index contributed by atoms with van der Waals surface area (Å²) in [5.41, 5.74) is -0.455. The number of hydrogen-bond donors (Lipinski definition) is 0. The highest BCUT2D eigenvalue weighted by Crippen LogP contribution is 2.14. The van der Waals surface area contributed by atoms with Gasteiger partial charge in [0.05, 0.1) is 0 Å². The predicted octanol–water partition coefficient (Wildman–Crippen LogP) is 8.43. The molecule has 0 aromatic heterocycles. The molecule has 1 aliphatic heterocycles. The second-order valence-electron chi connectivity index (χ2n) is 12.7. The minimum atomic E-state index is -0.455. The Kier molecular flexibility index (Phi) is 20.5. The van der Waals surface area contributed by atoms with Gasteiger partial charge < -0.3 is 14.5 Å². The van der Waals surface area contributed by atoms with Gasteiger partial charge in [-0.05, 0) is 46.6 Å². The van der Waals surface area contributed by atoms with Crippen molar-refractivity contribution in [3.63, 3.8) is 0 Å². The largest absolute Gasteiger partial charge is 0.444 e. The lowest BCUT2D eigenvalue weighted by Crippen LogP contribution is -2.50. The number of unbranched alkanes of at least 4 members (excludes halogenated alkanes) is 14. The lowest BCUT2D eigenvalue weighted by atomic mass is 10.1. The monoisotopic (exact) mass is 552 g/mol. The van der Waals surface area contributed by atoms with E-state index in [2.05, 4.69) is 23.6 Å². The number of carbonyl (C=O) groups is 2. The Bertz CT molecular complexity index is 592. The Hall–Kier alpha value is -1.30. The van der Waals surface area contributed by atoms with Crippen LogP contribution >= 0.6 is 0 Å². The zero-order valence-corrected chi connectivity index (χ0v) is 26.7. The molecule has 1 aliphatic rings. The van der Waals surface area contributed by atoms with Crippen LogP contribution in [0.25, 0.3) is 0 Å². The Morgan fingerprint density at radius 2 is 1.08 bits per heavy atom. The van der Waals surface area contributed by atoms with E-state index >= 15 is 0 Å². The maximum absolute atomic E-state index is 13.2. The minimum Gasteiger partial charge on any atom is -0.444 e. The SMILES string of the molecule is CCCCCCCCCCN(CCCCCCCCCC)C(=O)CCCN1CCN(C(=O)OC(C)(C)C)CC1. The van der Waals surface area contributed by atoms with Crippen molar-refractivity contribution in [1.82, 2.24) is 14.7 Å². The first-order chi connectivity index (χ1) is 18.8. The van der Waals surface area contributed by atoms with E-state index in [9.17, 15) is 9.59 Å². The molecule has 0 bridgehead atoms. The number of nitrogens with zero attached hydrogens (tertiary/aromatic N) is 3. The highest BCUT2D eigenvalue weighted by Gasteiger charge is 2.25. The summed E-state index contributed by atoms with van der Waals surface area (Å²) >= 11 is 0. The van der Waals surface area contributed by atoms with Gasteiger partial charge in [0.1, 0.15) is 5.60 Å². The van der Waals surface area contributed by atoms with Gasteiger partial charge in [-0.25, -0.2) is 4.79 Å². The number of piperazine rings is 1. The van der Waals surface area contributed by atoms with E-state index < -0.39 is 5.60 Å². The van der Waals surface area contributed by atoms with Gasteiger partial charge in [0.15, 0.2) is 0 Å². The first-order valence-corrected chi connectivity index (χ1v) is 16.7. The molecule has 0 unspecified atom stereocenters. The zero-order valence-electron chi connectivity index (χ0n) is 26.7. The van der Waals surface area contributed by atoms with Crippen LogP contribution in [0.2, 0.25) is 0 Å². The molecule has 6 heteroatoms. The Balaban J connectivity index is 2.33. The van der Waals surface area contributed by atoms with Crippen molar-refractivity contribution in [1.29, 1.82) is 0 Å². The quantitative estimate of drug-likeness (QED) is 0.127. The molecule has 1 saturated heterocycles. The van der Waals surface area contributed by atoms with E-state index in [4.69, 9.17) is 4.74 Å². The number of carbonyl (C=O) groups excluding carboxylic acids is 2. The smallest absolute Gasteiger partial charge is 0.410 e. The van der Waals surface area contributed by atoms with Gasteiger partial charge in [0, 0.05) is 45.7 Å². The molecule has 0 aliphatic carbocycles. The highest BCUT2D eigenvalue weighted by molar-refractivity contribution is 5.76. The van der Waals surface area contributed by atoms with Gasteiger partial charge in [0.2, 0.25) is 5.91 Å². The van der Waals surface area contributed by atoms with Crippen molar-refractivity contribution in [2.24, 2.45) is 0 Å². The molecule has 6 nitrogen and oxygen atoms in total. The van der Waals surface area contributed by atoms with E-state index in [0.29, 0.717) is 25.4 Å². The van der Waals surface area contributed by atoms with Crippen LogP contribution in [0.3, 0.4) is 0 Å². The van der Waals surface area contributed by atoms with Crippen LogP contribution in [-0.4, -0.2) is 78.1 Å². The molecule has 0 aromatic rings. The fraction of sp³-hybridized carbons (Fsp3) is 0.939. The predicted molar refractivity (Wildman–Crippen MR) is 165 cm³/mol. The Morgan fingerprint density at radius 1 is 0.641 bits per heavy atom.